The molecule has 0 aliphatic rings. The van der Waals surface area contributed by atoms with E-state index in [-0.39, 0.29) is 0 Å². The first-order valence-corrected chi connectivity index (χ1v) is 4.56. The summed E-state index contributed by atoms with van der Waals surface area (Å²) >= 11 is 3.38. The van der Waals surface area contributed by atoms with Crippen LogP contribution in [0.15, 0.2) is 24.3 Å². The molecule has 1 rings (SSSR count). The SMILES string of the molecule is CC#Cc1ccc(CBr)cc1. The quantitative estimate of drug-likeness (QED) is 0.492. The lowest BCUT2D eigenvalue weighted by molar-refractivity contribution is 1.43. The average Bonchev–Trinajstić information content (AvgIpc) is 2.07. The smallest absolute Gasteiger partial charge is 0.0283 e. The number of hydrogen-bond acceptors (Lipinski definition) is 0. The predicted molar refractivity (Wildman–Crippen MR) is 51.6 cm³/mol. The standard InChI is InChI=1S/C10H9Br/c1-2-3-9-4-6-10(8-11)7-5-9/h4-7H,8H2,1H3. The molecule has 0 saturated carbocycles. The summed E-state index contributed by atoms with van der Waals surface area (Å²) in [6.07, 6.45) is 0. The molecule has 0 atom stereocenters. The van der Waals surface area contributed by atoms with Crippen LogP contribution in [0.25, 0.3) is 0 Å². The van der Waals surface area contributed by atoms with Crippen molar-refractivity contribution in [2.45, 2.75) is 12.3 Å². The fraction of sp³-hybridized carbons (Fsp3) is 0.200. The summed E-state index contributed by atoms with van der Waals surface area (Å²) in [5.74, 6) is 5.85. The molecule has 0 saturated heterocycles. The molecule has 1 aromatic carbocycles. The second-order valence-corrected chi connectivity index (χ2v) is 2.77. The van der Waals surface area contributed by atoms with Crippen LogP contribution in [-0.4, -0.2) is 0 Å². The van der Waals surface area contributed by atoms with E-state index in [1.807, 2.05) is 19.1 Å². The van der Waals surface area contributed by atoms with Crippen LogP contribution in [0.5, 0.6) is 0 Å². The van der Waals surface area contributed by atoms with E-state index >= 15 is 0 Å². The summed E-state index contributed by atoms with van der Waals surface area (Å²) in [6.45, 7) is 1.85. The van der Waals surface area contributed by atoms with E-state index in [1.165, 1.54) is 5.56 Å². The number of halogens is 1. The summed E-state index contributed by atoms with van der Waals surface area (Å²) in [4.78, 5) is 0. The third-order valence-electron chi connectivity index (χ3n) is 1.38. The molecule has 0 unspecified atom stereocenters. The summed E-state index contributed by atoms with van der Waals surface area (Å²) < 4.78 is 0. The monoisotopic (exact) mass is 208 g/mol. The Labute approximate surface area is 75.8 Å². The highest BCUT2D eigenvalue weighted by molar-refractivity contribution is 9.08. The third-order valence-corrected chi connectivity index (χ3v) is 2.03. The molecule has 1 aromatic rings. The molecule has 0 spiro atoms. The van der Waals surface area contributed by atoms with Gasteiger partial charge in [-0.25, -0.2) is 0 Å². The number of rotatable bonds is 1. The normalized spacial score (nSPS) is 8.55. The number of hydrogen-bond donors (Lipinski definition) is 0. The minimum absolute atomic E-state index is 0.910. The number of alkyl halides is 1. The molecule has 0 aliphatic heterocycles. The van der Waals surface area contributed by atoms with Crippen LogP contribution in [0.3, 0.4) is 0 Å². The van der Waals surface area contributed by atoms with Gasteiger partial charge in [0.15, 0.2) is 0 Å². The van der Waals surface area contributed by atoms with Crippen LogP contribution in [0.2, 0.25) is 0 Å². The van der Waals surface area contributed by atoms with Crippen molar-refractivity contribution in [2.24, 2.45) is 0 Å². The first-order valence-electron chi connectivity index (χ1n) is 3.44. The molecule has 0 radical (unpaired) electrons. The molecule has 0 aliphatic carbocycles. The van der Waals surface area contributed by atoms with Gasteiger partial charge < -0.3 is 0 Å². The first-order chi connectivity index (χ1) is 5.36. The van der Waals surface area contributed by atoms with Crippen LogP contribution < -0.4 is 0 Å². The van der Waals surface area contributed by atoms with Crippen molar-refractivity contribution >= 4 is 15.9 Å². The Kier molecular flexibility index (Phi) is 3.19. The molecular weight excluding hydrogens is 200 g/mol. The first kappa shape index (κ1) is 8.36. The second kappa shape index (κ2) is 4.20. The third kappa shape index (κ3) is 2.40. The Morgan fingerprint density at radius 2 is 1.91 bits per heavy atom. The molecule has 56 valence electrons. The van der Waals surface area contributed by atoms with Crippen molar-refractivity contribution in [1.82, 2.24) is 0 Å². The second-order valence-electron chi connectivity index (χ2n) is 2.21. The van der Waals surface area contributed by atoms with Gasteiger partial charge in [-0.05, 0) is 24.6 Å². The van der Waals surface area contributed by atoms with Crippen molar-refractivity contribution in [1.29, 1.82) is 0 Å². The molecule has 0 N–H and O–H groups in total. The minimum atomic E-state index is 0.910. The van der Waals surface area contributed by atoms with E-state index < -0.39 is 0 Å². The van der Waals surface area contributed by atoms with E-state index in [4.69, 9.17) is 0 Å². The lowest BCUT2D eigenvalue weighted by atomic mass is 10.2. The van der Waals surface area contributed by atoms with Crippen molar-refractivity contribution in [3.05, 3.63) is 35.4 Å². The van der Waals surface area contributed by atoms with Gasteiger partial charge in [-0.1, -0.05) is 34.0 Å². The van der Waals surface area contributed by atoms with Crippen LogP contribution in [0.1, 0.15) is 18.1 Å². The van der Waals surface area contributed by atoms with Gasteiger partial charge in [0.1, 0.15) is 0 Å². The maximum Gasteiger partial charge on any atom is 0.0283 e. The fourth-order valence-electron chi connectivity index (χ4n) is 0.822. The van der Waals surface area contributed by atoms with E-state index in [2.05, 4.69) is 39.9 Å². The molecule has 0 bridgehead atoms. The zero-order valence-electron chi connectivity index (χ0n) is 6.39. The fourth-order valence-corrected chi connectivity index (χ4v) is 1.20. The van der Waals surface area contributed by atoms with Crippen LogP contribution in [0.4, 0.5) is 0 Å². The topological polar surface area (TPSA) is 0 Å². The number of benzene rings is 1. The van der Waals surface area contributed by atoms with E-state index in [0.29, 0.717) is 0 Å². The Bertz CT molecular complexity index is 274. The molecule has 0 heterocycles. The van der Waals surface area contributed by atoms with Crippen molar-refractivity contribution in [3.8, 4) is 11.8 Å². The van der Waals surface area contributed by atoms with E-state index in [0.717, 1.165) is 10.9 Å². The van der Waals surface area contributed by atoms with Crippen molar-refractivity contribution < 1.29 is 0 Å². The maximum absolute atomic E-state index is 3.38. The minimum Gasteiger partial charge on any atom is -0.101 e. The van der Waals surface area contributed by atoms with Gasteiger partial charge in [-0.15, -0.1) is 5.92 Å². The summed E-state index contributed by atoms with van der Waals surface area (Å²) in [6, 6.07) is 8.23. The Morgan fingerprint density at radius 3 is 2.36 bits per heavy atom. The molecule has 1 heteroatoms. The van der Waals surface area contributed by atoms with Crippen molar-refractivity contribution in [2.75, 3.05) is 0 Å². The van der Waals surface area contributed by atoms with Gasteiger partial charge in [-0.2, -0.15) is 0 Å². The van der Waals surface area contributed by atoms with Gasteiger partial charge in [0, 0.05) is 10.9 Å². The van der Waals surface area contributed by atoms with Crippen LogP contribution in [-0.2, 0) is 5.33 Å². The van der Waals surface area contributed by atoms with Gasteiger partial charge >= 0.3 is 0 Å². The maximum atomic E-state index is 3.38. The lowest BCUT2D eigenvalue weighted by Gasteiger charge is -1.93. The van der Waals surface area contributed by atoms with E-state index in [1.54, 1.807) is 0 Å². The summed E-state index contributed by atoms with van der Waals surface area (Å²) in [5.41, 5.74) is 2.36. The Balaban J connectivity index is 2.88. The van der Waals surface area contributed by atoms with Gasteiger partial charge in [-0.3, -0.25) is 0 Å². The van der Waals surface area contributed by atoms with E-state index in [9.17, 15) is 0 Å². The lowest BCUT2D eigenvalue weighted by Crippen LogP contribution is -1.77. The van der Waals surface area contributed by atoms with Crippen molar-refractivity contribution in [3.63, 3.8) is 0 Å². The molecular formula is C10H9Br. The Morgan fingerprint density at radius 1 is 1.27 bits per heavy atom. The molecule has 0 aromatic heterocycles. The average molecular weight is 209 g/mol. The van der Waals surface area contributed by atoms with Gasteiger partial charge in [0.2, 0.25) is 0 Å². The predicted octanol–water partition coefficient (Wildman–Crippen LogP) is 2.95. The zero-order valence-corrected chi connectivity index (χ0v) is 7.98. The zero-order chi connectivity index (χ0) is 8.10. The molecule has 0 amide bonds. The highest BCUT2D eigenvalue weighted by Crippen LogP contribution is 2.06. The van der Waals surface area contributed by atoms with Gasteiger partial charge in [0.25, 0.3) is 0 Å². The Hall–Kier alpha value is -0.740. The highest BCUT2D eigenvalue weighted by Gasteiger charge is 1.88. The summed E-state index contributed by atoms with van der Waals surface area (Å²) in [5, 5.41) is 0.910. The molecule has 0 fully saturated rings. The van der Waals surface area contributed by atoms with Crippen LogP contribution in [0, 0.1) is 11.8 Å². The van der Waals surface area contributed by atoms with Crippen LogP contribution >= 0.6 is 15.9 Å². The largest absolute Gasteiger partial charge is 0.101 e. The van der Waals surface area contributed by atoms with Gasteiger partial charge in [0.05, 0.1) is 0 Å². The molecule has 0 nitrogen and oxygen atoms in total. The highest BCUT2D eigenvalue weighted by atomic mass is 79.9. The summed E-state index contributed by atoms with van der Waals surface area (Å²) in [7, 11) is 0. The molecule has 11 heavy (non-hydrogen) atoms.